The quantitative estimate of drug-likeness (QED) is 0.205. The van der Waals surface area contributed by atoms with Crippen molar-refractivity contribution in [1.82, 2.24) is 24.4 Å². The van der Waals surface area contributed by atoms with Gasteiger partial charge in [0.2, 0.25) is 5.91 Å². The number of piperazine rings is 1. The van der Waals surface area contributed by atoms with Gasteiger partial charge in [-0.3, -0.25) is 9.78 Å². The summed E-state index contributed by atoms with van der Waals surface area (Å²) in [5.41, 5.74) is 2.71. The first-order chi connectivity index (χ1) is 20.1. The van der Waals surface area contributed by atoms with Crippen LogP contribution in [0.15, 0.2) is 60.6 Å². The lowest BCUT2D eigenvalue weighted by Gasteiger charge is -2.40. The number of fused-ring (bicyclic) bond motifs is 1. The lowest BCUT2D eigenvalue weighted by molar-refractivity contribution is -0.126. The van der Waals surface area contributed by atoms with E-state index in [2.05, 4.69) is 23.1 Å². The molecule has 0 aliphatic carbocycles. The second-order valence-corrected chi connectivity index (χ2v) is 11.1. The van der Waals surface area contributed by atoms with Gasteiger partial charge >= 0.3 is 5.69 Å². The number of anilines is 1. The summed E-state index contributed by atoms with van der Waals surface area (Å²) in [7, 11) is 0. The third-order valence-electron chi connectivity index (χ3n) is 7.61. The lowest BCUT2D eigenvalue weighted by Crippen LogP contribution is -2.54. The molecule has 216 valence electrons. The Morgan fingerprint density at radius 3 is 2.64 bits per heavy atom. The standard InChI is InChI=1S/C32H32ClFN6O2/c1-7-21-10-9-11-24(34)26(21)28-23(33)16-22-30(39-15-14-38(17-20(39)6)25(41)8-2)37-32(42)40(31(22)36-28)29-19(5)12-13-35-27(29)18(3)4/h7-13,16,18,20H,1-2,14-15,17H2,3-6H3/t20-/m0/s1/i41+2. The molecule has 0 unspecified atom stereocenters. The molecule has 1 aliphatic rings. The molecule has 1 aromatic carbocycles. The van der Waals surface area contributed by atoms with Gasteiger partial charge in [0, 0.05) is 37.4 Å². The fraction of sp³-hybridized carbons (Fsp3) is 0.281. The summed E-state index contributed by atoms with van der Waals surface area (Å²) in [6.45, 7) is 16.6. The topological polar surface area (TPSA) is 84.2 Å². The van der Waals surface area contributed by atoms with Crippen molar-refractivity contribution in [2.75, 3.05) is 24.5 Å². The largest absolute Gasteiger partial charge is 0.355 e. The first-order valence-electron chi connectivity index (χ1n) is 13.8. The SMILES string of the molecule is C=CC(=[18O])N1CCN(c2nc(=O)n(-c3c(C)ccnc3C(C)C)c3nc(-c4c(F)cccc4C=C)c(Cl)cc23)[C@@H](C)C1. The number of aromatic nitrogens is 4. The molecule has 1 amide bonds. The third-order valence-corrected chi connectivity index (χ3v) is 7.90. The minimum Gasteiger partial charge on any atom is -0.350 e. The predicted molar refractivity (Wildman–Crippen MR) is 166 cm³/mol. The molecular formula is C32H32ClFN6O2. The zero-order chi connectivity index (χ0) is 30.3. The number of nitrogens with zero attached hydrogens (tertiary/aromatic N) is 6. The summed E-state index contributed by atoms with van der Waals surface area (Å²) in [6.07, 6.45) is 4.55. The van der Waals surface area contributed by atoms with Gasteiger partial charge < -0.3 is 9.80 Å². The number of benzene rings is 1. The molecule has 0 N–H and O–H groups in total. The van der Waals surface area contributed by atoms with Crippen LogP contribution < -0.4 is 10.6 Å². The molecule has 0 spiro atoms. The Hall–Kier alpha value is -4.37. The molecule has 0 bridgehead atoms. The van der Waals surface area contributed by atoms with E-state index in [1.54, 1.807) is 35.4 Å². The van der Waals surface area contributed by atoms with Crippen LogP contribution in [0, 0.1) is 12.7 Å². The van der Waals surface area contributed by atoms with Gasteiger partial charge in [-0.2, -0.15) is 4.98 Å². The summed E-state index contributed by atoms with van der Waals surface area (Å²) in [4.78, 5) is 44.1. The normalized spacial score (nSPS) is 15.4. The maximum Gasteiger partial charge on any atom is 0.355 e. The maximum atomic E-state index is 15.3. The second kappa shape index (κ2) is 11.5. The zero-order valence-electron chi connectivity index (χ0n) is 24.1. The Balaban J connectivity index is 1.85. The molecule has 42 heavy (non-hydrogen) atoms. The first-order valence-corrected chi connectivity index (χ1v) is 14.1. The van der Waals surface area contributed by atoms with Gasteiger partial charge in [0.25, 0.3) is 0 Å². The van der Waals surface area contributed by atoms with Gasteiger partial charge in [0.1, 0.15) is 11.6 Å². The Morgan fingerprint density at radius 2 is 1.98 bits per heavy atom. The highest BCUT2D eigenvalue weighted by Crippen LogP contribution is 2.37. The predicted octanol–water partition coefficient (Wildman–Crippen LogP) is 5.93. The third kappa shape index (κ3) is 4.98. The van der Waals surface area contributed by atoms with Crippen molar-refractivity contribution in [3.63, 3.8) is 0 Å². The molecule has 10 heteroatoms. The smallest absolute Gasteiger partial charge is 0.350 e. The average molecular weight is 589 g/mol. The number of hydrogen-bond acceptors (Lipinski definition) is 6. The van der Waals surface area contributed by atoms with Crippen LogP contribution in [0.2, 0.25) is 5.02 Å². The van der Waals surface area contributed by atoms with Crippen LogP contribution in [-0.4, -0.2) is 56.0 Å². The van der Waals surface area contributed by atoms with E-state index in [0.717, 1.165) is 5.56 Å². The molecule has 1 fully saturated rings. The number of hydrogen-bond donors (Lipinski definition) is 0. The van der Waals surface area contributed by atoms with Crippen LogP contribution in [0.5, 0.6) is 0 Å². The van der Waals surface area contributed by atoms with E-state index in [-0.39, 0.29) is 39.8 Å². The van der Waals surface area contributed by atoms with Gasteiger partial charge in [-0.05, 0) is 55.2 Å². The lowest BCUT2D eigenvalue weighted by atomic mass is 10.0. The molecule has 3 aromatic heterocycles. The second-order valence-electron chi connectivity index (χ2n) is 10.7. The van der Waals surface area contributed by atoms with Crippen molar-refractivity contribution in [2.45, 2.75) is 39.7 Å². The molecular weight excluding hydrogens is 557 g/mol. The van der Waals surface area contributed by atoms with Crippen LogP contribution in [-0.2, 0) is 4.79 Å². The van der Waals surface area contributed by atoms with E-state index in [0.29, 0.717) is 47.8 Å². The Bertz CT molecular complexity index is 1800. The molecule has 8 nitrogen and oxygen atoms in total. The van der Waals surface area contributed by atoms with Crippen LogP contribution in [0.1, 0.15) is 43.5 Å². The van der Waals surface area contributed by atoms with Crippen molar-refractivity contribution in [3.05, 3.63) is 93.9 Å². The summed E-state index contributed by atoms with van der Waals surface area (Å²) in [5.74, 6) is -0.278. The number of carbonyl (C=O) groups excluding carboxylic acids is 1. The van der Waals surface area contributed by atoms with E-state index in [1.807, 2.05) is 38.7 Å². The molecule has 0 saturated carbocycles. The summed E-state index contributed by atoms with van der Waals surface area (Å²) < 4.78 is 16.8. The fourth-order valence-electron chi connectivity index (χ4n) is 5.55. The number of amides is 1. The molecule has 1 aliphatic heterocycles. The molecule has 1 saturated heterocycles. The average Bonchev–Trinajstić information content (AvgIpc) is 2.96. The van der Waals surface area contributed by atoms with Gasteiger partial charge in [0.15, 0.2) is 5.65 Å². The monoisotopic (exact) mass is 588 g/mol. The minimum absolute atomic E-state index is 0.0114. The number of halogens is 2. The van der Waals surface area contributed by atoms with Crippen LogP contribution in [0.3, 0.4) is 0 Å². The molecule has 4 heterocycles. The van der Waals surface area contributed by atoms with Gasteiger partial charge in [-0.25, -0.2) is 18.7 Å². The van der Waals surface area contributed by atoms with Crippen LogP contribution >= 0.6 is 11.6 Å². The number of carbonyl (C=O) groups is 1. The van der Waals surface area contributed by atoms with Crippen molar-refractivity contribution >= 4 is 40.4 Å². The highest BCUT2D eigenvalue weighted by molar-refractivity contribution is 6.34. The van der Waals surface area contributed by atoms with E-state index >= 15 is 4.39 Å². The summed E-state index contributed by atoms with van der Waals surface area (Å²) in [6, 6.07) is 8.00. The molecule has 5 rings (SSSR count). The number of rotatable bonds is 6. The highest BCUT2D eigenvalue weighted by atomic mass is 35.5. The maximum absolute atomic E-state index is 15.3. The van der Waals surface area contributed by atoms with Crippen LogP contribution in [0.4, 0.5) is 10.2 Å². The molecule has 1 atom stereocenters. The van der Waals surface area contributed by atoms with E-state index in [9.17, 15) is 9.59 Å². The van der Waals surface area contributed by atoms with E-state index < -0.39 is 11.5 Å². The van der Waals surface area contributed by atoms with E-state index in [1.165, 1.54) is 16.7 Å². The van der Waals surface area contributed by atoms with Gasteiger partial charge in [0.05, 0.1) is 27.5 Å². The van der Waals surface area contributed by atoms with Crippen LogP contribution in [0.25, 0.3) is 34.1 Å². The Labute approximate surface area is 248 Å². The first kappa shape index (κ1) is 29.1. The Morgan fingerprint density at radius 1 is 1.21 bits per heavy atom. The Kier molecular flexibility index (Phi) is 7.97. The van der Waals surface area contributed by atoms with Crippen molar-refractivity contribution in [1.29, 1.82) is 0 Å². The van der Waals surface area contributed by atoms with Crippen molar-refractivity contribution in [3.8, 4) is 16.9 Å². The zero-order valence-corrected chi connectivity index (χ0v) is 24.8. The number of pyridine rings is 2. The molecule has 0 radical (unpaired) electrons. The molecule has 4 aromatic rings. The van der Waals surface area contributed by atoms with Crippen molar-refractivity contribution in [2.24, 2.45) is 0 Å². The fourth-order valence-corrected chi connectivity index (χ4v) is 5.79. The minimum atomic E-state index is -0.550. The van der Waals surface area contributed by atoms with Gasteiger partial charge in [-0.15, -0.1) is 0 Å². The number of aryl methyl sites for hydroxylation is 1. The van der Waals surface area contributed by atoms with E-state index in [4.69, 9.17) is 16.6 Å². The summed E-state index contributed by atoms with van der Waals surface area (Å²) >= 11 is 6.85. The highest BCUT2D eigenvalue weighted by Gasteiger charge is 2.30. The van der Waals surface area contributed by atoms with Gasteiger partial charge in [-0.1, -0.05) is 56.8 Å². The summed E-state index contributed by atoms with van der Waals surface area (Å²) in [5, 5.41) is 0.720. The van der Waals surface area contributed by atoms with Crippen molar-refractivity contribution < 1.29 is 9.18 Å².